The lowest BCUT2D eigenvalue weighted by atomic mass is 10.0. The zero-order valence-electron chi connectivity index (χ0n) is 7.18. The highest BCUT2D eigenvalue weighted by atomic mass is 32.1. The molecule has 0 N–H and O–H groups in total. The number of nitriles is 1. The molecular weight excluding hydrogens is 211 g/mol. The highest BCUT2D eigenvalue weighted by molar-refractivity contribution is 7.80. The molecule has 1 aromatic carbocycles. The molecule has 0 spiro atoms. The van der Waals surface area contributed by atoms with Gasteiger partial charge < -0.3 is 0 Å². The number of halogens is 3. The maximum atomic E-state index is 12.5. The fourth-order valence-corrected chi connectivity index (χ4v) is 1.41. The summed E-state index contributed by atoms with van der Waals surface area (Å²) < 4.78 is 37.5. The Bertz CT molecular complexity index is 404. The van der Waals surface area contributed by atoms with Crippen LogP contribution < -0.4 is 0 Å². The van der Waals surface area contributed by atoms with Gasteiger partial charge in [-0.15, -0.1) is 12.6 Å². The van der Waals surface area contributed by atoms with Crippen LogP contribution in [0.3, 0.4) is 0 Å². The van der Waals surface area contributed by atoms with Gasteiger partial charge in [0.05, 0.1) is 11.1 Å². The third-order valence-electron chi connectivity index (χ3n) is 1.79. The Hall–Kier alpha value is -1.15. The maximum Gasteiger partial charge on any atom is 0.417 e. The summed E-state index contributed by atoms with van der Waals surface area (Å²) in [5, 5.41) is 8.59. The van der Waals surface area contributed by atoms with E-state index in [1.54, 1.807) is 0 Å². The second-order valence-corrected chi connectivity index (χ2v) is 3.24. The minimum atomic E-state index is -4.51. The van der Waals surface area contributed by atoms with Crippen molar-refractivity contribution in [3.05, 3.63) is 28.8 Å². The van der Waals surface area contributed by atoms with Gasteiger partial charge in [0.25, 0.3) is 0 Å². The molecule has 74 valence electrons. The average Bonchev–Trinajstić information content (AvgIpc) is 2.06. The number of rotatable bonds is 0. The SMILES string of the molecule is Cc1ccc(S)c(C#N)c1C(F)(F)F. The average molecular weight is 217 g/mol. The molecule has 0 bridgehead atoms. The summed E-state index contributed by atoms with van der Waals surface area (Å²) in [6.45, 7) is 1.32. The number of aryl methyl sites for hydroxylation is 1. The molecule has 0 saturated carbocycles. The van der Waals surface area contributed by atoms with Crippen LogP contribution in [0.1, 0.15) is 16.7 Å². The van der Waals surface area contributed by atoms with Crippen molar-refractivity contribution >= 4 is 12.6 Å². The molecule has 0 heterocycles. The van der Waals surface area contributed by atoms with Crippen molar-refractivity contribution in [3.63, 3.8) is 0 Å². The second kappa shape index (κ2) is 3.54. The highest BCUT2D eigenvalue weighted by Gasteiger charge is 2.36. The Morgan fingerprint density at radius 2 is 1.93 bits per heavy atom. The molecule has 0 saturated heterocycles. The van der Waals surface area contributed by atoms with Gasteiger partial charge in [-0.05, 0) is 18.6 Å². The van der Waals surface area contributed by atoms with Crippen LogP contribution in [0.15, 0.2) is 17.0 Å². The van der Waals surface area contributed by atoms with Crippen molar-refractivity contribution in [3.8, 4) is 6.07 Å². The normalized spacial score (nSPS) is 11.1. The molecule has 1 aromatic rings. The molecule has 0 aliphatic rings. The molecule has 0 aliphatic carbocycles. The van der Waals surface area contributed by atoms with Crippen LogP contribution >= 0.6 is 12.6 Å². The summed E-state index contributed by atoms with van der Waals surface area (Å²) in [6.07, 6.45) is -4.51. The van der Waals surface area contributed by atoms with Gasteiger partial charge >= 0.3 is 6.18 Å². The van der Waals surface area contributed by atoms with E-state index < -0.39 is 17.3 Å². The molecule has 0 radical (unpaired) electrons. The van der Waals surface area contributed by atoms with Crippen LogP contribution in [-0.2, 0) is 6.18 Å². The zero-order chi connectivity index (χ0) is 10.9. The molecule has 0 atom stereocenters. The Morgan fingerprint density at radius 1 is 1.36 bits per heavy atom. The van der Waals surface area contributed by atoms with Crippen LogP contribution in [0.2, 0.25) is 0 Å². The van der Waals surface area contributed by atoms with Crippen LogP contribution in [0.5, 0.6) is 0 Å². The van der Waals surface area contributed by atoms with E-state index >= 15 is 0 Å². The smallest absolute Gasteiger partial charge is 0.192 e. The third kappa shape index (κ3) is 1.85. The van der Waals surface area contributed by atoms with E-state index in [2.05, 4.69) is 12.6 Å². The molecule has 0 unspecified atom stereocenters. The number of thiol groups is 1. The number of alkyl halides is 3. The van der Waals surface area contributed by atoms with Crippen molar-refractivity contribution in [1.82, 2.24) is 0 Å². The molecule has 0 amide bonds. The predicted molar refractivity (Wildman–Crippen MR) is 48.1 cm³/mol. The van der Waals surface area contributed by atoms with E-state index in [-0.39, 0.29) is 10.5 Å². The van der Waals surface area contributed by atoms with Gasteiger partial charge in [0.15, 0.2) is 0 Å². The number of hydrogen-bond donors (Lipinski definition) is 1. The molecular formula is C9H6F3NS. The van der Waals surface area contributed by atoms with Crippen molar-refractivity contribution in [2.75, 3.05) is 0 Å². The van der Waals surface area contributed by atoms with E-state index in [0.717, 1.165) is 0 Å². The lowest BCUT2D eigenvalue weighted by molar-refractivity contribution is -0.138. The molecule has 1 nitrogen and oxygen atoms in total. The van der Waals surface area contributed by atoms with Gasteiger partial charge in [-0.25, -0.2) is 0 Å². The number of nitrogens with zero attached hydrogens (tertiary/aromatic N) is 1. The first-order valence-corrected chi connectivity index (χ1v) is 4.12. The van der Waals surface area contributed by atoms with Crippen molar-refractivity contribution in [2.45, 2.75) is 18.0 Å². The summed E-state index contributed by atoms with van der Waals surface area (Å²) in [7, 11) is 0. The van der Waals surface area contributed by atoms with E-state index in [0.29, 0.717) is 0 Å². The van der Waals surface area contributed by atoms with E-state index in [1.807, 2.05) is 0 Å². The first kappa shape index (κ1) is 10.9. The minimum absolute atomic E-state index is 0.0341. The second-order valence-electron chi connectivity index (χ2n) is 2.76. The van der Waals surface area contributed by atoms with Gasteiger partial charge in [0.2, 0.25) is 0 Å². The fraction of sp³-hybridized carbons (Fsp3) is 0.222. The zero-order valence-corrected chi connectivity index (χ0v) is 8.08. The Morgan fingerprint density at radius 3 is 2.29 bits per heavy atom. The van der Waals surface area contributed by atoms with E-state index in [1.165, 1.54) is 25.1 Å². The van der Waals surface area contributed by atoms with Gasteiger partial charge in [-0.2, -0.15) is 18.4 Å². The number of hydrogen-bond acceptors (Lipinski definition) is 2. The van der Waals surface area contributed by atoms with Crippen LogP contribution in [0.25, 0.3) is 0 Å². The topological polar surface area (TPSA) is 23.8 Å². The fourth-order valence-electron chi connectivity index (χ4n) is 1.17. The molecule has 0 fully saturated rings. The molecule has 5 heteroatoms. The standard InChI is InChI=1S/C9H6F3NS/c1-5-2-3-7(14)6(4-13)8(5)9(10,11)12/h2-3,14H,1H3. The van der Waals surface area contributed by atoms with Crippen LogP contribution in [-0.4, -0.2) is 0 Å². The monoisotopic (exact) mass is 217 g/mol. The quantitative estimate of drug-likeness (QED) is 0.663. The van der Waals surface area contributed by atoms with Crippen LogP contribution in [0.4, 0.5) is 13.2 Å². The van der Waals surface area contributed by atoms with Crippen molar-refractivity contribution < 1.29 is 13.2 Å². The van der Waals surface area contributed by atoms with E-state index in [4.69, 9.17) is 5.26 Å². The first-order valence-electron chi connectivity index (χ1n) is 3.67. The molecule has 1 rings (SSSR count). The van der Waals surface area contributed by atoms with Crippen LogP contribution in [0, 0.1) is 18.3 Å². The molecule has 0 aliphatic heterocycles. The Kier molecular flexibility index (Phi) is 2.76. The predicted octanol–water partition coefficient (Wildman–Crippen LogP) is 3.17. The first-order chi connectivity index (χ1) is 6.38. The summed E-state index contributed by atoms with van der Waals surface area (Å²) in [6, 6.07) is 4.19. The number of benzene rings is 1. The maximum absolute atomic E-state index is 12.5. The summed E-state index contributed by atoms with van der Waals surface area (Å²) >= 11 is 3.80. The Balaban J connectivity index is 3.56. The summed E-state index contributed by atoms with van der Waals surface area (Å²) in [5.41, 5.74) is -1.28. The molecule has 0 aromatic heterocycles. The van der Waals surface area contributed by atoms with Crippen molar-refractivity contribution in [1.29, 1.82) is 5.26 Å². The van der Waals surface area contributed by atoms with Crippen molar-refractivity contribution in [2.24, 2.45) is 0 Å². The summed E-state index contributed by atoms with van der Waals surface area (Å²) in [5.74, 6) is 0. The van der Waals surface area contributed by atoms with Gasteiger partial charge in [-0.3, -0.25) is 0 Å². The van der Waals surface area contributed by atoms with Gasteiger partial charge in [0.1, 0.15) is 6.07 Å². The summed E-state index contributed by atoms with van der Waals surface area (Å²) in [4.78, 5) is 0.0467. The highest BCUT2D eigenvalue weighted by Crippen LogP contribution is 2.36. The minimum Gasteiger partial charge on any atom is -0.192 e. The molecule has 14 heavy (non-hydrogen) atoms. The third-order valence-corrected chi connectivity index (χ3v) is 2.16. The Labute approximate surface area is 84.6 Å². The van der Waals surface area contributed by atoms with Gasteiger partial charge in [0, 0.05) is 4.90 Å². The lowest BCUT2D eigenvalue weighted by Gasteiger charge is -2.12. The largest absolute Gasteiger partial charge is 0.417 e. The van der Waals surface area contributed by atoms with Gasteiger partial charge in [-0.1, -0.05) is 6.07 Å². The van der Waals surface area contributed by atoms with E-state index in [9.17, 15) is 13.2 Å². The lowest BCUT2D eigenvalue weighted by Crippen LogP contribution is -2.10.